The molecule has 0 radical (unpaired) electrons. The third-order valence-electron chi connectivity index (χ3n) is 3.93. The molecule has 1 N–H and O–H groups in total. The molecule has 1 aliphatic heterocycles. The van der Waals surface area contributed by atoms with Gasteiger partial charge in [0.15, 0.2) is 15.8 Å². The number of carbonyl (C=O) groups excluding carboxylic acids is 1. The maximum Gasteiger partial charge on any atom is 0.249 e. The van der Waals surface area contributed by atoms with Crippen LogP contribution in [0.25, 0.3) is 0 Å². The number of thioether (sulfide) groups is 1. The van der Waals surface area contributed by atoms with Crippen molar-refractivity contribution in [1.82, 2.24) is 10.2 Å². The van der Waals surface area contributed by atoms with Gasteiger partial charge in [0.2, 0.25) is 21.1 Å². The summed E-state index contributed by atoms with van der Waals surface area (Å²) in [7, 11) is -3.75. The Morgan fingerprint density at radius 2 is 2.03 bits per heavy atom. The fourth-order valence-electron chi connectivity index (χ4n) is 2.70. The van der Waals surface area contributed by atoms with Crippen LogP contribution < -0.4 is 19.1 Å². The molecule has 1 amide bonds. The molecule has 0 aliphatic carbocycles. The van der Waals surface area contributed by atoms with E-state index in [0.717, 1.165) is 27.1 Å². The summed E-state index contributed by atoms with van der Waals surface area (Å²) in [6.45, 7) is 4.39. The minimum Gasteiger partial charge on any atom is -0.486 e. The average molecular weight is 459 g/mol. The molecule has 29 heavy (non-hydrogen) atoms. The molecule has 0 bridgehead atoms. The van der Waals surface area contributed by atoms with Crippen molar-refractivity contribution < 1.29 is 22.7 Å². The number of nitrogens with zero attached hydrogens (tertiary/aromatic N) is 3. The summed E-state index contributed by atoms with van der Waals surface area (Å²) in [5.74, 6) is 1.38. The highest BCUT2D eigenvalue weighted by Gasteiger charge is 2.31. The number of nitrogens with one attached hydrogen (secondary N) is 1. The van der Waals surface area contributed by atoms with Crippen LogP contribution in [0.4, 0.5) is 10.8 Å². The normalized spacial score (nSPS) is 14.3. The Labute approximate surface area is 177 Å². The molecular weight excluding hydrogens is 436 g/mol. The third kappa shape index (κ3) is 5.31. The number of carbonyl (C=O) groups is 1. The Kier molecular flexibility index (Phi) is 6.85. The van der Waals surface area contributed by atoms with E-state index in [1.807, 2.05) is 0 Å². The first-order valence-corrected chi connectivity index (χ1v) is 12.6. The molecule has 0 unspecified atom stereocenters. The van der Waals surface area contributed by atoms with E-state index in [9.17, 15) is 13.2 Å². The van der Waals surface area contributed by atoms with Crippen molar-refractivity contribution in [3.05, 3.63) is 18.2 Å². The van der Waals surface area contributed by atoms with Crippen molar-refractivity contribution in [1.29, 1.82) is 0 Å². The van der Waals surface area contributed by atoms with Crippen molar-refractivity contribution >= 4 is 49.8 Å². The summed E-state index contributed by atoms with van der Waals surface area (Å²) < 4.78 is 37.7. The zero-order valence-corrected chi connectivity index (χ0v) is 18.7. The number of hydrogen-bond acceptors (Lipinski definition) is 9. The first kappa shape index (κ1) is 21.7. The van der Waals surface area contributed by atoms with Gasteiger partial charge in [-0.2, -0.15) is 0 Å². The molecular formula is C17H22N4O5S3. The number of rotatable bonds is 8. The predicted octanol–water partition coefficient (Wildman–Crippen LogP) is 2.60. The maximum absolute atomic E-state index is 12.7. The van der Waals surface area contributed by atoms with Gasteiger partial charge in [0.05, 0.1) is 11.9 Å². The Hall–Kier alpha value is -2.05. The lowest BCUT2D eigenvalue weighted by atomic mass is 10.2. The summed E-state index contributed by atoms with van der Waals surface area (Å²) in [6.07, 6.45) is 2.06. The Morgan fingerprint density at radius 1 is 1.31 bits per heavy atom. The summed E-state index contributed by atoms with van der Waals surface area (Å²) in [6, 6.07) is 3.77. The van der Waals surface area contributed by atoms with Crippen molar-refractivity contribution in [2.24, 2.45) is 0 Å². The van der Waals surface area contributed by atoms with Crippen LogP contribution in [0, 0.1) is 0 Å². The summed E-state index contributed by atoms with van der Waals surface area (Å²) >= 11 is 2.82. The molecule has 0 fully saturated rings. The van der Waals surface area contributed by atoms with Crippen LogP contribution in [0.3, 0.4) is 0 Å². The van der Waals surface area contributed by atoms with Gasteiger partial charge in [0.25, 0.3) is 0 Å². The van der Waals surface area contributed by atoms with Gasteiger partial charge in [-0.15, -0.1) is 10.2 Å². The quantitative estimate of drug-likeness (QED) is 0.475. The molecule has 1 aliphatic rings. The van der Waals surface area contributed by atoms with E-state index in [-0.39, 0.29) is 0 Å². The van der Waals surface area contributed by atoms with E-state index in [4.69, 9.17) is 9.47 Å². The van der Waals surface area contributed by atoms with Gasteiger partial charge in [0.1, 0.15) is 19.3 Å². The average Bonchev–Trinajstić information content (AvgIpc) is 3.12. The molecule has 1 atom stereocenters. The van der Waals surface area contributed by atoms with Crippen molar-refractivity contribution in [3.63, 3.8) is 0 Å². The summed E-state index contributed by atoms with van der Waals surface area (Å²) in [4.78, 5) is 12.7. The number of sulfonamides is 1. The maximum atomic E-state index is 12.7. The molecule has 1 aromatic carbocycles. The highest BCUT2D eigenvalue weighted by molar-refractivity contribution is 8.01. The first-order valence-electron chi connectivity index (χ1n) is 8.96. The number of amides is 1. The second-order valence-electron chi connectivity index (χ2n) is 6.27. The van der Waals surface area contributed by atoms with Crippen LogP contribution in [-0.2, 0) is 14.8 Å². The molecule has 0 saturated heterocycles. The van der Waals surface area contributed by atoms with E-state index in [1.54, 1.807) is 30.0 Å². The Balaban J connectivity index is 1.80. The van der Waals surface area contributed by atoms with Gasteiger partial charge in [-0.3, -0.25) is 14.4 Å². The first-order chi connectivity index (χ1) is 13.8. The van der Waals surface area contributed by atoms with Gasteiger partial charge in [-0.1, -0.05) is 30.0 Å². The topological polar surface area (TPSA) is 111 Å². The number of benzene rings is 1. The second kappa shape index (κ2) is 9.18. The minimum atomic E-state index is -3.75. The summed E-state index contributed by atoms with van der Waals surface area (Å²) in [5.41, 5.74) is 0.316. The monoisotopic (exact) mass is 458 g/mol. The fraction of sp³-hybridized carbons (Fsp3) is 0.471. The molecule has 12 heteroatoms. The number of aromatic nitrogens is 2. The van der Waals surface area contributed by atoms with E-state index in [0.29, 0.717) is 35.5 Å². The largest absolute Gasteiger partial charge is 0.486 e. The lowest BCUT2D eigenvalue weighted by Crippen LogP contribution is -2.45. The Bertz CT molecular complexity index is 979. The van der Waals surface area contributed by atoms with E-state index >= 15 is 0 Å². The molecule has 1 aromatic heterocycles. The molecule has 158 valence electrons. The molecule has 3 rings (SSSR count). The minimum absolute atomic E-state index is 0.316. The zero-order chi connectivity index (χ0) is 21.0. The van der Waals surface area contributed by atoms with Gasteiger partial charge in [0, 0.05) is 11.8 Å². The van der Waals surface area contributed by atoms with E-state index < -0.39 is 22.0 Å². The van der Waals surface area contributed by atoms with Crippen LogP contribution in [0.2, 0.25) is 0 Å². The molecule has 9 nitrogen and oxygen atoms in total. The van der Waals surface area contributed by atoms with Crippen LogP contribution in [0.5, 0.6) is 11.5 Å². The standard InChI is InChI=1S/C17H22N4O5S3/c1-4-9-27-17-20-19-16(28-17)18-15(22)11(2)21(29(3,23)24)12-5-6-13-14(10-12)26-8-7-25-13/h5-6,10-11H,4,7-9H2,1-3H3,(H,18,19,22)/t11-/m0/s1. The Morgan fingerprint density at radius 3 is 2.72 bits per heavy atom. The summed E-state index contributed by atoms with van der Waals surface area (Å²) in [5, 5.41) is 11.0. The lowest BCUT2D eigenvalue weighted by molar-refractivity contribution is -0.116. The third-order valence-corrected chi connectivity index (χ3v) is 7.35. The fourth-order valence-corrected chi connectivity index (χ4v) is 5.54. The highest BCUT2D eigenvalue weighted by Crippen LogP contribution is 2.35. The van der Waals surface area contributed by atoms with Crippen molar-refractivity contribution in [3.8, 4) is 11.5 Å². The number of hydrogen-bond donors (Lipinski definition) is 1. The van der Waals surface area contributed by atoms with Gasteiger partial charge in [-0.25, -0.2) is 8.42 Å². The smallest absolute Gasteiger partial charge is 0.249 e. The van der Waals surface area contributed by atoms with Crippen LogP contribution >= 0.6 is 23.1 Å². The number of fused-ring (bicyclic) bond motifs is 1. The zero-order valence-electron chi connectivity index (χ0n) is 16.2. The SMILES string of the molecule is CCCSc1nnc(NC(=O)[C@H](C)N(c2ccc3c(c2)OCCO3)S(C)(=O)=O)s1. The van der Waals surface area contributed by atoms with Crippen LogP contribution in [-0.4, -0.2) is 55.8 Å². The predicted molar refractivity (Wildman–Crippen MR) is 114 cm³/mol. The van der Waals surface area contributed by atoms with Crippen LogP contribution in [0.1, 0.15) is 20.3 Å². The van der Waals surface area contributed by atoms with Gasteiger partial charge < -0.3 is 9.47 Å². The second-order valence-corrected chi connectivity index (χ2v) is 10.5. The number of anilines is 2. The molecule has 0 saturated carbocycles. The lowest BCUT2D eigenvalue weighted by Gasteiger charge is -2.29. The van der Waals surface area contributed by atoms with Crippen molar-refractivity contribution in [2.45, 2.75) is 30.6 Å². The molecule has 2 aromatic rings. The number of ether oxygens (including phenoxy) is 2. The van der Waals surface area contributed by atoms with E-state index in [2.05, 4.69) is 22.4 Å². The van der Waals surface area contributed by atoms with Crippen molar-refractivity contribution in [2.75, 3.05) is 34.8 Å². The van der Waals surface area contributed by atoms with E-state index in [1.165, 1.54) is 18.3 Å². The van der Waals surface area contributed by atoms with Gasteiger partial charge in [-0.05, 0) is 25.5 Å². The van der Waals surface area contributed by atoms with Crippen LogP contribution in [0.15, 0.2) is 22.5 Å². The molecule has 0 spiro atoms. The molecule has 2 heterocycles. The van der Waals surface area contributed by atoms with Gasteiger partial charge >= 0.3 is 0 Å². The highest BCUT2D eigenvalue weighted by atomic mass is 32.2.